The lowest BCUT2D eigenvalue weighted by molar-refractivity contribution is 1.41. The Balaban J connectivity index is 3.17. The van der Waals surface area contributed by atoms with Gasteiger partial charge in [0, 0.05) is 0 Å². The van der Waals surface area contributed by atoms with Gasteiger partial charge in [-0.15, -0.1) is 0 Å². The van der Waals surface area contributed by atoms with Gasteiger partial charge in [0.2, 0.25) is 0 Å². The van der Waals surface area contributed by atoms with Gasteiger partial charge in [0.15, 0.2) is 0 Å². The fraction of sp³-hybridized carbons (Fsp3) is 0.231. The third-order valence-corrected chi connectivity index (χ3v) is 2.11. The molecule has 0 amide bonds. The Hall–Kier alpha value is -1.30. The third kappa shape index (κ3) is 2.32. The summed E-state index contributed by atoms with van der Waals surface area (Å²) in [6.45, 7) is 6.24. The lowest BCUT2D eigenvalue weighted by atomic mass is 10.0. The van der Waals surface area contributed by atoms with E-state index in [2.05, 4.69) is 49.4 Å². The average molecular weight is 172 g/mol. The smallest absolute Gasteiger partial charge is 0.0225 e. The summed E-state index contributed by atoms with van der Waals surface area (Å²) < 4.78 is 0. The maximum absolute atomic E-state index is 2.16. The highest BCUT2D eigenvalue weighted by Crippen LogP contribution is 2.16. The topological polar surface area (TPSA) is 0 Å². The largest absolute Gasteiger partial charge is 0.0871 e. The van der Waals surface area contributed by atoms with E-state index < -0.39 is 0 Å². The van der Waals surface area contributed by atoms with Gasteiger partial charge in [-0.05, 0) is 37.5 Å². The number of hydrogen-bond acceptors (Lipinski definition) is 0. The summed E-state index contributed by atoms with van der Waals surface area (Å²) in [5.74, 6) is 0. The van der Waals surface area contributed by atoms with E-state index in [0.717, 1.165) is 0 Å². The average Bonchev–Trinajstić information content (AvgIpc) is 2.13. The number of hydrogen-bond donors (Lipinski definition) is 0. The van der Waals surface area contributed by atoms with Gasteiger partial charge in [0.25, 0.3) is 0 Å². The second-order valence-electron chi connectivity index (χ2n) is 3.06. The van der Waals surface area contributed by atoms with E-state index in [9.17, 15) is 0 Å². The van der Waals surface area contributed by atoms with Gasteiger partial charge in [0.1, 0.15) is 0 Å². The summed E-state index contributed by atoms with van der Waals surface area (Å²) >= 11 is 0. The zero-order valence-electron chi connectivity index (χ0n) is 8.54. The first-order valence-corrected chi connectivity index (χ1v) is 4.64. The Morgan fingerprint density at radius 2 is 1.38 bits per heavy atom. The van der Waals surface area contributed by atoms with Gasteiger partial charge in [-0.25, -0.2) is 0 Å². The van der Waals surface area contributed by atoms with Crippen LogP contribution in [-0.2, 0) is 0 Å². The van der Waals surface area contributed by atoms with E-state index in [1.165, 1.54) is 16.7 Å². The van der Waals surface area contributed by atoms with E-state index in [1.54, 1.807) is 0 Å². The normalized spacial score (nSPS) is 11.6. The van der Waals surface area contributed by atoms with Gasteiger partial charge < -0.3 is 0 Å². The first-order chi connectivity index (χ1) is 6.29. The summed E-state index contributed by atoms with van der Waals surface area (Å²) in [5.41, 5.74) is 3.95. The van der Waals surface area contributed by atoms with Crippen LogP contribution in [0.3, 0.4) is 0 Å². The van der Waals surface area contributed by atoms with Crippen molar-refractivity contribution in [2.24, 2.45) is 0 Å². The summed E-state index contributed by atoms with van der Waals surface area (Å²) in [4.78, 5) is 0. The second kappa shape index (κ2) is 4.66. The molecule has 1 aromatic rings. The molecule has 0 heteroatoms. The Bertz CT molecular complexity index is 300. The predicted molar refractivity (Wildman–Crippen MR) is 60.6 cm³/mol. The van der Waals surface area contributed by atoms with Crippen LogP contribution < -0.4 is 0 Å². The minimum Gasteiger partial charge on any atom is -0.0871 e. The molecule has 0 heterocycles. The Morgan fingerprint density at radius 3 is 1.77 bits per heavy atom. The van der Waals surface area contributed by atoms with E-state index in [4.69, 9.17) is 0 Å². The fourth-order valence-electron chi connectivity index (χ4n) is 1.39. The van der Waals surface area contributed by atoms with Crippen LogP contribution >= 0.6 is 0 Å². The van der Waals surface area contributed by atoms with Gasteiger partial charge in [0.05, 0.1) is 0 Å². The van der Waals surface area contributed by atoms with Gasteiger partial charge >= 0.3 is 0 Å². The highest BCUT2D eigenvalue weighted by atomic mass is 14.0. The molecule has 0 aliphatic heterocycles. The third-order valence-electron chi connectivity index (χ3n) is 2.11. The minimum absolute atomic E-state index is 1.30. The molecule has 0 bridgehead atoms. The molecule has 1 rings (SSSR count). The first kappa shape index (κ1) is 9.79. The molecule has 1 aromatic carbocycles. The molecule has 0 aliphatic rings. The second-order valence-corrected chi connectivity index (χ2v) is 3.06. The van der Waals surface area contributed by atoms with Crippen molar-refractivity contribution in [2.75, 3.05) is 0 Å². The van der Waals surface area contributed by atoms with Crippen LogP contribution in [0, 0.1) is 6.92 Å². The van der Waals surface area contributed by atoms with Crippen LogP contribution in [0.25, 0.3) is 12.2 Å². The van der Waals surface area contributed by atoms with Crippen molar-refractivity contribution in [3.05, 3.63) is 47.0 Å². The standard InChI is InChI=1S/C13H16/c1-4-7-12-9-6-10-13(8-5-2)11(12)3/h4-10H,1-3H3/b7-4-,8-5+. The molecule has 0 N–H and O–H groups in total. The maximum Gasteiger partial charge on any atom is -0.0225 e. The van der Waals surface area contributed by atoms with Crippen LogP contribution in [0.4, 0.5) is 0 Å². The van der Waals surface area contributed by atoms with Crippen molar-refractivity contribution in [2.45, 2.75) is 20.8 Å². The number of benzene rings is 1. The van der Waals surface area contributed by atoms with Crippen molar-refractivity contribution in [1.29, 1.82) is 0 Å². The Morgan fingerprint density at radius 1 is 0.923 bits per heavy atom. The van der Waals surface area contributed by atoms with Crippen molar-refractivity contribution >= 4 is 12.2 Å². The lowest BCUT2D eigenvalue weighted by Crippen LogP contribution is -1.84. The minimum atomic E-state index is 1.30. The van der Waals surface area contributed by atoms with E-state index in [0.29, 0.717) is 0 Å². The molecule has 0 nitrogen and oxygen atoms in total. The zero-order chi connectivity index (χ0) is 9.68. The SMILES string of the molecule is C/C=C\c1cccc(/C=C/C)c1C. The van der Waals surface area contributed by atoms with E-state index >= 15 is 0 Å². The predicted octanol–water partition coefficient (Wildman–Crippen LogP) is 4.06. The summed E-state index contributed by atoms with van der Waals surface area (Å²) in [6.07, 6.45) is 8.42. The van der Waals surface area contributed by atoms with Crippen LogP contribution in [0.5, 0.6) is 0 Å². The van der Waals surface area contributed by atoms with E-state index in [-0.39, 0.29) is 0 Å². The van der Waals surface area contributed by atoms with Crippen LogP contribution in [0.2, 0.25) is 0 Å². The highest BCUT2D eigenvalue weighted by molar-refractivity contribution is 5.62. The maximum atomic E-state index is 2.16. The van der Waals surface area contributed by atoms with Crippen molar-refractivity contribution in [3.63, 3.8) is 0 Å². The fourth-order valence-corrected chi connectivity index (χ4v) is 1.39. The lowest BCUT2D eigenvalue weighted by Gasteiger charge is -2.03. The molecule has 0 saturated carbocycles. The Kier molecular flexibility index (Phi) is 3.51. The molecule has 0 unspecified atom stereocenters. The van der Waals surface area contributed by atoms with Crippen LogP contribution in [0.1, 0.15) is 30.5 Å². The molecule has 0 atom stereocenters. The molecule has 0 fully saturated rings. The molecular formula is C13H16. The summed E-state index contributed by atoms with van der Waals surface area (Å²) in [6, 6.07) is 6.38. The number of rotatable bonds is 2. The molecule has 0 aliphatic carbocycles. The van der Waals surface area contributed by atoms with E-state index in [1.807, 2.05) is 13.8 Å². The zero-order valence-corrected chi connectivity index (χ0v) is 8.54. The van der Waals surface area contributed by atoms with Crippen molar-refractivity contribution < 1.29 is 0 Å². The van der Waals surface area contributed by atoms with Gasteiger partial charge in [-0.3, -0.25) is 0 Å². The molecule has 0 spiro atoms. The monoisotopic (exact) mass is 172 g/mol. The molecule has 0 aromatic heterocycles. The van der Waals surface area contributed by atoms with Gasteiger partial charge in [-0.2, -0.15) is 0 Å². The van der Waals surface area contributed by atoms with Gasteiger partial charge in [-0.1, -0.05) is 42.5 Å². The van der Waals surface area contributed by atoms with Crippen molar-refractivity contribution in [3.8, 4) is 0 Å². The highest BCUT2D eigenvalue weighted by Gasteiger charge is 1.96. The van der Waals surface area contributed by atoms with Crippen molar-refractivity contribution in [1.82, 2.24) is 0 Å². The molecule has 68 valence electrons. The number of allylic oxidation sites excluding steroid dienone is 2. The summed E-state index contributed by atoms with van der Waals surface area (Å²) in [5, 5.41) is 0. The molecule has 0 saturated heterocycles. The molecule has 13 heavy (non-hydrogen) atoms. The quantitative estimate of drug-likeness (QED) is 0.631. The first-order valence-electron chi connectivity index (χ1n) is 4.64. The van der Waals surface area contributed by atoms with Crippen LogP contribution in [0.15, 0.2) is 30.4 Å². The van der Waals surface area contributed by atoms with Crippen LogP contribution in [-0.4, -0.2) is 0 Å². The molecular weight excluding hydrogens is 156 g/mol. The molecule has 0 radical (unpaired) electrons. The summed E-state index contributed by atoms with van der Waals surface area (Å²) in [7, 11) is 0. The Labute approximate surface area is 80.6 Å².